The molecule has 2 unspecified atom stereocenters. The molecule has 2 fully saturated rings. The van der Waals surface area contributed by atoms with Gasteiger partial charge in [-0.15, -0.1) is 0 Å². The summed E-state index contributed by atoms with van der Waals surface area (Å²) in [4.78, 5) is 38.7. The highest BCUT2D eigenvalue weighted by Crippen LogP contribution is 2.30. The van der Waals surface area contributed by atoms with Crippen molar-refractivity contribution in [3.63, 3.8) is 0 Å². The molecule has 0 spiro atoms. The summed E-state index contributed by atoms with van der Waals surface area (Å²) in [7, 11) is 1.47. The van der Waals surface area contributed by atoms with E-state index in [9.17, 15) is 14.4 Å². The number of hydrogen-bond acceptors (Lipinski definition) is 4. The zero-order valence-electron chi connectivity index (χ0n) is 15.9. The van der Waals surface area contributed by atoms with Gasteiger partial charge < -0.3 is 20.3 Å². The molecule has 3 amide bonds. The summed E-state index contributed by atoms with van der Waals surface area (Å²) in [6.45, 7) is 2.16. The van der Waals surface area contributed by atoms with Crippen LogP contribution >= 0.6 is 0 Å². The van der Waals surface area contributed by atoms with E-state index in [1.54, 1.807) is 31.2 Å². The molecule has 0 bridgehead atoms. The molecule has 2 N–H and O–H groups in total. The van der Waals surface area contributed by atoms with Crippen LogP contribution in [-0.4, -0.2) is 48.4 Å². The van der Waals surface area contributed by atoms with Gasteiger partial charge >= 0.3 is 0 Å². The number of carbonyl (C=O) groups is 3. The van der Waals surface area contributed by atoms with Gasteiger partial charge in [-0.2, -0.15) is 0 Å². The Kier molecular flexibility index (Phi) is 6.11. The summed E-state index contributed by atoms with van der Waals surface area (Å²) in [5.74, 6) is -0.659. The number of amides is 3. The predicted octanol–water partition coefficient (Wildman–Crippen LogP) is 2.39. The molecule has 0 radical (unpaired) electrons. The number of methoxy groups -OCH3 is 1. The first-order valence-corrected chi connectivity index (χ1v) is 9.52. The lowest BCUT2D eigenvalue weighted by molar-refractivity contribution is -0.130. The van der Waals surface area contributed by atoms with Gasteiger partial charge in [0.05, 0.1) is 5.92 Å². The number of carbonyl (C=O) groups excluding carboxylic acids is 3. The number of benzene rings is 1. The van der Waals surface area contributed by atoms with Crippen LogP contribution < -0.4 is 10.6 Å². The first-order valence-electron chi connectivity index (χ1n) is 9.52. The largest absolute Gasteiger partial charge is 0.372 e. The fraction of sp³-hybridized carbons (Fsp3) is 0.550. The lowest BCUT2D eigenvalue weighted by Gasteiger charge is -2.23. The molecule has 1 aliphatic carbocycles. The van der Waals surface area contributed by atoms with E-state index in [4.69, 9.17) is 4.74 Å². The number of nitrogens with one attached hydrogen (secondary N) is 2. The molecule has 27 heavy (non-hydrogen) atoms. The standard InChI is InChI=1S/C20H27N3O4/c1-13(27-2)19(25)21-15-6-5-7-16(11-15)22-20(26)14-10-18(24)23(12-14)17-8-3-4-9-17/h5-7,11,13-14,17H,3-4,8-10,12H2,1-2H3,(H,21,25)(H,22,26). The second-order valence-corrected chi connectivity index (χ2v) is 7.32. The maximum Gasteiger partial charge on any atom is 0.253 e. The molecule has 7 nitrogen and oxygen atoms in total. The first-order chi connectivity index (χ1) is 13.0. The van der Waals surface area contributed by atoms with Crippen LogP contribution in [0.3, 0.4) is 0 Å². The van der Waals surface area contributed by atoms with Crippen LogP contribution in [0.15, 0.2) is 24.3 Å². The topological polar surface area (TPSA) is 87.7 Å². The van der Waals surface area contributed by atoms with Crippen molar-refractivity contribution in [3.8, 4) is 0 Å². The zero-order valence-corrected chi connectivity index (χ0v) is 15.9. The smallest absolute Gasteiger partial charge is 0.253 e. The minimum atomic E-state index is -0.561. The third-order valence-corrected chi connectivity index (χ3v) is 5.42. The summed E-state index contributed by atoms with van der Waals surface area (Å²) < 4.78 is 4.99. The number of hydrogen-bond donors (Lipinski definition) is 2. The summed E-state index contributed by atoms with van der Waals surface area (Å²) >= 11 is 0. The molecule has 1 aromatic rings. The van der Waals surface area contributed by atoms with Crippen molar-refractivity contribution in [2.75, 3.05) is 24.3 Å². The first kappa shape index (κ1) is 19.4. The van der Waals surface area contributed by atoms with Gasteiger partial charge in [-0.05, 0) is 38.0 Å². The molecular weight excluding hydrogens is 346 g/mol. The summed E-state index contributed by atoms with van der Waals surface area (Å²) in [6, 6.07) is 7.27. The van der Waals surface area contributed by atoms with Gasteiger partial charge in [0, 0.05) is 37.5 Å². The summed E-state index contributed by atoms with van der Waals surface area (Å²) in [5.41, 5.74) is 1.17. The molecule has 146 valence electrons. The highest BCUT2D eigenvalue weighted by Gasteiger charge is 2.38. The van der Waals surface area contributed by atoms with Crippen LogP contribution in [0.4, 0.5) is 11.4 Å². The van der Waals surface area contributed by atoms with Crippen molar-refractivity contribution in [2.24, 2.45) is 5.92 Å². The van der Waals surface area contributed by atoms with Crippen molar-refractivity contribution in [3.05, 3.63) is 24.3 Å². The minimum Gasteiger partial charge on any atom is -0.372 e. The van der Waals surface area contributed by atoms with E-state index in [-0.39, 0.29) is 30.1 Å². The highest BCUT2D eigenvalue weighted by molar-refractivity contribution is 5.98. The number of nitrogens with zero attached hydrogens (tertiary/aromatic N) is 1. The van der Waals surface area contributed by atoms with Gasteiger partial charge in [0.25, 0.3) is 5.91 Å². The van der Waals surface area contributed by atoms with Crippen LogP contribution in [0.25, 0.3) is 0 Å². The zero-order chi connectivity index (χ0) is 19.4. The number of rotatable bonds is 6. The molecule has 0 aromatic heterocycles. The Labute approximate surface area is 159 Å². The Bertz CT molecular complexity index is 715. The third kappa shape index (κ3) is 4.66. The maximum absolute atomic E-state index is 12.6. The predicted molar refractivity (Wildman–Crippen MR) is 102 cm³/mol. The van der Waals surface area contributed by atoms with Crippen molar-refractivity contribution < 1.29 is 19.1 Å². The number of likely N-dealkylation sites (tertiary alicyclic amines) is 1. The molecule has 2 atom stereocenters. The van der Waals surface area contributed by atoms with Gasteiger partial charge in [-0.25, -0.2) is 0 Å². The average Bonchev–Trinajstić information content (AvgIpc) is 3.30. The third-order valence-electron chi connectivity index (χ3n) is 5.42. The van der Waals surface area contributed by atoms with E-state index in [0.29, 0.717) is 24.0 Å². The van der Waals surface area contributed by atoms with Crippen LogP contribution in [-0.2, 0) is 19.1 Å². The molecule has 1 saturated carbocycles. The molecule has 1 aliphatic heterocycles. The molecule has 1 saturated heterocycles. The van der Waals surface area contributed by atoms with Gasteiger partial charge in [0.2, 0.25) is 11.8 Å². The maximum atomic E-state index is 12.6. The molecule has 7 heteroatoms. The normalized spacial score (nSPS) is 21.3. The Morgan fingerprint density at radius 2 is 1.85 bits per heavy atom. The summed E-state index contributed by atoms with van der Waals surface area (Å²) in [5, 5.41) is 5.62. The van der Waals surface area contributed by atoms with Gasteiger partial charge in [0.15, 0.2) is 0 Å². The van der Waals surface area contributed by atoms with Crippen molar-refractivity contribution in [1.82, 2.24) is 4.90 Å². The van der Waals surface area contributed by atoms with Crippen molar-refractivity contribution in [2.45, 2.75) is 51.2 Å². The van der Waals surface area contributed by atoms with E-state index in [0.717, 1.165) is 25.7 Å². The average molecular weight is 373 g/mol. The fourth-order valence-electron chi connectivity index (χ4n) is 3.75. The van der Waals surface area contributed by atoms with Crippen LogP contribution in [0.1, 0.15) is 39.0 Å². The van der Waals surface area contributed by atoms with E-state index in [1.807, 2.05) is 4.90 Å². The lowest BCUT2D eigenvalue weighted by atomic mass is 10.1. The minimum absolute atomic E-state index is 0.0802. The van der Waals surface area contributed by atoms with Crippen LogP contribution in [0.2, 0.25) is 0 Å². The van der Waals surface area contributed by atoms with Gasteiger partial charge in [-0.1, -0.05) is 18.9 Å². The van der Waals surface area contributed by atoms with E-state index in [1.165, 1.54) is 7.11 Å². The second kappa shape index (κ2) is 8.52. The molecule has 2 aliphatic rings. The van der Waals surface area contributed by atoms with Gasteiger partial charge in [0.1, 0.15) is 6.10 Å². The Balaban J connectivity index is 1.58. The molecule has 1 aromatic carbocycles. The molecular formula is C20H27N3O4. The van der Waals surface area contributed by atoms with Crippen molar-refractivity contribution >= 4 is 29.1 Å². The number of ether oxygens (including phenoxy) is 1. The number of anilines is 2. The van der Waals surface area contributed by atoms with Crippen LogP contribution in [0.5, 0.6) is 0 Å². The summed E-state index contributed by atoms with van der Waals surface area (Å²) in [6.07, 6.45) is 4.11. The quantitative estimate of drug-likeness (QED) is 0.801. The van der Waals surface area contributed by atoms with E-state index >= 15 is 0 Å². The highest BCUT2D eigenvalue weighted by atomic mass is 16.5. The second-order valence-electron chi connectivity index (χ2n) is 7.32. The van der Waals surface area contributed by atoms with E-state index in [2.05, 4.69) is 10.6 Å². The Morgan fingerprint density at radius 3 is 2.52 bits per heavy atom. The fourth-order valence-corrected chi connectivity index (χ4v) is 3.75. The van der Waals surface area contributed by atoms with Crippen molar-refractivity contribution in [1.29, 1.82) is 0 Å². The Hall–Kier alpha value is -2.41. The Morgan fingerprint density at radius 1 is 1.19 bits per heavy atom. The SMILES string of the molecule is COC(C)C(=O)Nc1cccc(NC(=O)C2CC(=O)N(C3CCCC3)C2)c1. The van der Waals surface area contributed by atoms with Gasteiger partial charge in [-0.3, -0.25) is 14.4 Å². The molecule has 1 heterocycles. The van der Waals surface area contributed by atoms with Crippen LogP contribution in [0, 0.1) is 5.92 Å². The lowest BCUT2D eigenvalue weighted by Crippen LogP contribution is -2.35. The molecule has 3 rings (SSSR count). The monoisotopic (exact) mass is 373 g/mol. The van der Waals surface area contributed by atoms with E-state index < -0.39 is 6.10 Å².